The summed E-state index contributed by atoms with van der Waals surface area (Å²) in [6.45, 7) is 4.67. The summed E-state index contributed by atoms with van der Waals surface area (Å²) >= 11 is 0. The second kappa shape index (κ2) is 7.22. The van der Waals surface area contributed by atoms with Crippen LogP contribution in [-0.2, 0) is 12.0 Å². The highest BCUT2D eigenvalue weighted by Crippen LogP contribution is 2.39. The van der Waals surface area contributed by atoms with Crippen molar-refractivity contribution < 1.29 is 9.13 Å². The highest BCUT2D eigenvalue weighted by molar-refractivity contribution is 5.85. The van der Waals surface area contributed by atoms with Gasteiger partial charge in [-0.15, -0.1) is 0 Å². The molecule has 5 rings (SSSR count). The standard InChI is InChI=1S/C23H26FN3O/c24-17-5-7-18(8-6-17)28-16-15-27-13-10-23(11-14-27)22-20(9-12-25-23)19-3-1-2-4-21(19)26-22/h1-8,25-26H,9-16H2. The molecule has 1 aromatic heterocycles. The Morgan fingerprint density at radius 3 is 2.64 bits per heavy atom. The van der Waals surface area contributed by atoms with Gasteiger partial charge in [0, 0.05) is 42.8 Å². The Labute approximate surface area is 164 Å². The number of rotatable bonds is 4. The predicted octanol–water partition coefficient (Wildman–Crippen LogP) is 3.82. The van der Waals surface area contributed by atoms with Crippen LogP contribution in [0.2, 0.25) is 0 Å². The van der Waals surface area contributed by atoms with Crippen molar-refractivity contribution in [2.24, 2.45) is 0 Å². The van der Waals surface area contributed by atoms with Crippen molar-refractivity contribution in [2.75, 3.05) is 32.8 Å². The number of fused-ring (bicyclic) bond motifs is 4. The molecule has 2 N–H and O–H groups in total. The molecule has 0 aliphatic carbocycles. The second-order valence-corrected chi connectivity index (χ2v) is 7.93. The van der Waals surface area contributed by atoms with Gasteiger partial charge < -0.3 is 15.0 Å². The summed E-state index contributed by atoms with van der Waals surface area (Å²) in [5.41, 5.74) is 4.23. The van der Waals surface area contributed by atoms with Gasteiger partial charge in [0.2, 0.25) is 0 Å². The highest BCUT2D eigenvalue weighted by Gasteiger charge is 2.41. The number of piperidine rings is 1. The molecule has 2 aliphatic rings. The zero-order chi connectivity index (χ0) is 19.0. The van der Waals surface area contributed by atoms with Crippen LogP contribution in [0.4, 0.5) is 4.39 Å². The first kappa shape index (κ1) is 17.7. The largest absolute Gasteiger partial charge is 0.492 e. The van der Waals surface area contributed by atoms with Crippen LogP contribution in [0.5, 0.6) is 5.75 Å². The number of nitrogens with one attached hydrogen (secondary N) is 2. The van der Waals surface area contributed by atoms with E-state index in [-0.39, 0.29) is 11.4 Å². The zero-order valence-corrected chi connectivity index (χ0v) is 16.0. The molecule has 2 aliphatic heterocycles. The normalized spacial score (nSPS) is 19.0. The van der Waals surface area contributed by atoms with Crippen LogP contribution in [0.3, 0.4) is 0 Å². The van der Waals surface area contributed by atoms with Gasteiger partial charge in [0.1, 0.15) is 18.2 Å². The lowest BCUT2D eigenvalue weighted by molar-refractivity contribution is 0.112. The first-order valence-electron chi connectivity index (χ1n) is 10.2. The molecule has 0 atom stereocenters. The molecule has 1 fully saturated rings. The number of para-hydroxylation sites is 1. The summed E-state index contributed by atoms with van der Waals surface area (Å²) < 4.78 is 18.7. The van der Waals surface area contributed by atoms with Crippen molar-refractivity contribution >= 4 is 10.9 Å². The topological polar surface area (TPSA) is 40.3 Å². The number of aromatic nitrogens is 1. The molecule has 28 heavy (non-hydrogen) atoms. The number of halogens is 1. The minimum Gasteiger partial charge on any atom is -0.492 e. The quantitative estimate of drug-likeness (QED) is 0.724. The molecule has 0 radical (unpaired) electrons. The minimum atomic E-state index is -0.231. The molecule has 3 heterocycles. The van der Waals surface area contributed by atoms with E-state index in [9.17, 15) is 4.39 Å². The Balaban J connectivity index is 1.23. The fourth-order valence-electron chi connectivity index (χ4n) is 4.79. The molecule has 5 heteroatoms. The molecular weight excluding hydrogens is 353 g/mol. The fourth-order valence-corrected chi connectivity index (χ4v) is 4.79. The first-order valence-corrected chi connectivity index (χ1v) is 10.2. The third kappa shape index (κ3) is 3.19. The third-order valence-electron chi connectivity index (χ3n) is 6.33. The number of benzene rings is 2. The molecule has 0 saturated carbocycles. The smallest absolute Gasteiger partial charge is 0.123 e. The molecule has 1 spiro atoms. The Bertz CT molecular complexity index is 958. The van der Waals surface area contributed by atoms with Gasteiger partial charge in [0.25, 0.3) is 0 Å². The lowest BCUT2D eigenvalue weighted by atomic mass is 9.79. The van der Waals surface area contributed by atoms with Crippen LogP contribution in [-0.4, -0.2) is 42.7 Å². The van der Waals surface area contributed by atoms with E-state index in [0.29, 0.717) is 6.61 Å². The summed E-state index contributed by atoms with van der Waals surface area (Å²) in [6.07, 6.45) is 3.29. The van der Waals surface area contributed by atoms with E-state index < -0.39 is 0 Å². The van der Waals surface area contributed by atoms with Crippen molar-refractivity contribution in [2.45, 2.75) is 24.8 Å². The zero-order valence-electron chi connectivity index (χ0n) is 16.0. The molecular formula is C23H26FN3O. The number of likely N-dealkylation sites (tertiary alicyclic amines) is 1. The van der Waals surface area contributed by atoms with E-state index in [4.69, 9.17) is 4.74 Å². The number of ether oxygens (including phenoxy) is 1. The summed E-state index contributed by atoms with van der Waals surface area (Å²) in [6, 6.07) is 14.9. The Morgan fingerprint density at radius 2 is 1.82 bits per heavy atom. The van der Waals surface area contributed by atoms with Crippen LogP contribution in [0.25, 0.3) is 10.9 Å². The number of nitrogens with zero attached hydrogens (tertiary/aromatic N) is 1. The Morgan fingerprint density at radius 1 is 1.04 bits per heavy atom. The van der Waals surface area contributed by atoms with Gasteiger partial charge in [0.05, 0.1) is 5.54 Å². The fraction of sp³-hybridized carbons (Fsp3) is 0.391. The monoisotopic (exact) mass is 379 g/mol. The van der Waals surface area contributed by atoms with E-state index >= 15 is 0 Å². The number of aromatic amines is 1. The molecule has 0 bridgehead atoms. The number of H-pyrrole nitrogens is 1. The predicted molar refractivity (Wildman–Crippen MR) is 109 cm³/mol. The molecule has 0 amide bonds. The lowest BCUT2D eigenvalue weighted by Gasteiger charge is -2.44. The van der Waals surface area contributed by atoms with Gasteiger partial charge in [-0.25, -0.2) is 4.39 Å². The summed E-state index contributed by atoms with van der Waals surface area (Å²) in [4.78, 5) is 6.19. The van der Waals surface area contributed by atoms with Gasteiger partial charge >= 0.3 is 0 Å². The maximum absolute atomic E-state index is 13.0. The van der Waals surface area contributed by atoms with Crippen molar-refractivity contribution in [3.8, 4) is 5.75 Å². The van der Waals surface area contributed by atoms with Crippen molar-refractivity contribution in [3.05, 3.63) is 65.6 Å². The molecule has 3 aromatic rings. The van der Waals surface area contributed by atoms with E-state index in [1.54, 1.807) is 12.1 Å². The van der Waals surface area contributed by atoms with Crippen LogP contribution < -0.4 is 10.1 Å². The van der Waals surface area contributed by atoms with E-state index in [1.807, 2.05) is 0 Å². The second-order valence-electron chi connectivity index (χ2n) is 7.93. The summed E-state index contributed by atoms with van der Waals surface area (Å²) in [7, 11) is 0. The van der Waals surface area contributed by atoms with Gasteiger partial charge in [-0.1, -0.05) is 18.2 Å². The van der Waals surface area contributed by atoms with Gasteiger partial charge in [0.15, 0.2) is 0 Å². The van der Waals surface area contributed by atoms with Crippen molar-refractivity contribution in [3.63, 3.8) is 0 Å². The maximum Gasteiger partial charge on any atom is 0.123 e. The first-order chi connectivity index (χ1) is 13.7. The van der Waals surface area contributed by atoms with E-state index in [2.05, 4.69) is 39.5 Å². The third-order valence-corrected chi connectivity index (χ3v) is 6.33. The Hall–Kier alpha value is -2.37. The van der Waals surface area contributed by atoms with Gasteiger partial charge in [-0.05, 0) is 55.2 Å². The molecule has 146 valence electrons. The molecule has 1 saturated heterocycles. The van der Waals surface area contributed by atoms with Crippen LogP contribution in [0.1, 0.15) is 24.1 Å². The van der Waals surface area contributed by atoms with E-state index in [0.717, 1.165) is 51.2 Å². The minimum absolute atomic E-state index is 0.0704. The Kier molecular flexibility index (Phi) is 4.57. The average Bonchev–Trinajstić information content (AvgIpc) is 3.12. The van der Waals surface area contributed by atoms with Crippen molar-refractivity contribution in [1.82, 2.24) is 15.2 Å². The van der Waals surface area contributed by atoms with Crippen LogP contribution in [0.15, 0.2) is 48.5 Å². The average molecular weight is 379 g/mol. The summed E-state index contributed by atoms with van der Waals surface area (Å²) in [5.74, 6) is 0.497. The number of hydrogen-bond donors (Lipinski definition) is 2. The molecule has 0 unspecified atom stereocenters. The highest BCUT2D eigenvalue weighted by atomic mass is 19.1. The maximum atomic E-state index is 13.0. The summed E-state index contributed by atoms with van der Waals surface area (Å²) in [5, 5.41) is 5.22. The number of hydrogen-bond acceptors (Lipinski definition) is 3. The SMILES string of the molecule is Fc1ccc(OCCN2CCC3(CC2)NCCc2c3[nH]c3ccccc23)cc1. The van der Waals surface area contributed by atoms with Crippen molar-refractivity contribution in [1.29, 1.82) is 0 Å². The van der Waals surface area contributed by atoms with Crippen LogP contribution in [0, 0.1) is 5.82 Å². The van der Waals surface area contributed by atoms with Gasteiger partial charge in [-0.3, -0.25) is 4.90 Å². The lowest BCUT2D eigenvalue weighted by Crippen LogP contribution is -2.54. The van der Waals surface area contributed by atoms with Crippen LogP contribution >= 0.6 is 0 Å². The molecule has 2 aromatic carbocycles. The molecule has 4 nitrogen and oxygen atoms in total. The van der Waals surface area contributed by atoms with Gasteiger partial charge in [-0.2, -0.15) is 0 Å². The van der Waals surface area contributed by atoms with E-state index in [1.165, 1.54) is 34.3 Å².